The van der Waals surface area contributed by atoms with Gasteiger partial charge in [0.15, 0.2) is 0 Å². The van der Waals surface area contributed by atoms with Crippen LogP contribution in [0.3, 0.4) is 0 Å². The average Bonchev–Trinajstić information content (AvgIpc) is 2.72. The number of aromatic nitrogens is 1. The maximum absolute atomic E-state index is 12.7. The van der Waals surface area contributed by atoms with Gasteiger partial charge in [-0.3, -0.25) is 25.2 Å². The third-order valence-corrected chi connectivity index (χ3v) is 5.56. The Morgan fingerprint density at radius 2 is 1.70 bits per heavy atom. The molecule has 8 heteroatoms. The number of hydrogen-bond acceptors (Lipinski definition) is 4. The van der Waals surface area contributed by atoms with Crippen molar-refractivity contribution < 1.29 is 14.7 Å². The van der Waals surface area contributed by atoms with E-state index < -0.39 is 22.8 Å². The number of pyridine rings is 1. The van der Waals surface area contributed by atoms with E-state index in [1.807, 2.05) is 0 Å². The Morgan fingerprint density at radius 1 is 1.03 bits per heavy atom. The number of rotatable bonds is 10. The number of benzene rings is 1. The molecule has 0 aliphatic rings. The summed E-state index contributed by atoms with van der Waals surface area (Å²) in [6, 6.07) is 5.11. The van der Waals surface area contributed by atoms with Crippen LogP contribution < -0.4 is 16.4 Å². The van der Waals surface area contributed by atoms with Crippen LogP contribution in [0, 0.1) is 0 Å². The lowest BCUT2D eigenvalue weighted by atomic mass is 10.1. The number of amides is 2. The van der Waals surface area contributed by atoms with Crippen molar-refractivity contribution in [1.82, 2.24) is 15.4 Å². The van der Waals surface area contributed by atoms with Crippen LogP contribution in [0.25, 0.3) is 10.9 Å². The van der Waals surface area contributed by atoms with Crippen molar-refractivity contribution in [2.75, 3.05) is 0 Å². The third kappa shape index (κ3) is 6.08. The molecule has 7 nitrogen and oxygen atoms in total. The third-order valence-electron chi connectivity index (χ3n) is 5.07. The van der Waals surface area contributed by atoms with Crippen molar-refractivity contribution >= 4 is 38.6 Å². The molecule has 0 aliphatic heterocycles. The van der Waals surface area contributed by atoms with E-state index in [4.69, 9.17) is 0 Å². The van der Waals surface area contributed by atoms with Crippen LogP contribution in [0.15, 0.2) is 27.5 Å². The lowest BCUT2D eigenvalue weighted by Crippen LogP contribution is -2.44. The fourth-order valence-electron chi connectivity index (χ4n) is 3.43. The summed E-state index contributed by atoms with van der Waals surface area (Å²) in [5.74, 6) is -1.56. The van der Waals surface area contributed by atoms with Crippen molar-refractivity contribution in [3.63, 3.8) is 0 Å². The summed E-state index contributed by atoms with van der Waals surface area (Å²) in [5, 5.41) is 10.9. The molecule has 2 amide bonds. The predicted octanol–water partition coefficient (Wildman–Crippen LogP) is 4.39. The number of fused-ring (bicyclic) bond motifs is 1. The van der Waals surface area contributed by atoms with E-state index in [-0.39, 0.29) is 5.91 Å². The highest BCUT2D eigenvalue weighted by Crippen LogP contribution is 2.29. The first-order valence-corrected chi connectivity index (χ1v) is 11.3. The monoisotopic (exact) mass is 479 g/mol. The Bertz CT molecular complexity index is 956. The van der Waals surface area contributed by atoms with E-state index >= 15 is 0 Å². The molecule has 2 aromatic rings. The van der Waals surface area contributed by atoms with E-state index in [2.05, 4.69) is 33.7 Å². The number of nitrogens with zero attached hydrogens (tertiary/aromatic N) is 1. The molecule has 0 bridgehead atoms. The summed E-state index contributed by atoms with van der Waals surface area (Å²) in [6.07, 6.45) is 7.94. The number of nitrogens with one attached hydrogen (secondary N) is 2. The van der Waals surface area contributed by atoms with E-state index in [0.29, 0.717) is 28.3 Å². The van der Waals surface area contributed by atoms with Crippen LogP contribution in [0.5, 0.6) is 5.75 Å². The molecule has 164 valence electrons. The van der Waals surface area contributed by atoms with Crippen LogP contribution in [0.4, 0.5) is 0 Å². The van der Waals surface area contributed by atoms with Gasteiger partial charge in [0.2, 0.25) is 5.91 Å². The molecule has 3 N–H and O–H groups in total. The van der Waals surface area contributed by atoms with Crippen LogP contribution in [-0.4, -0.2) is 21.5 Å². The Hall–Kier alpha value is -2.35. The van der Waals surface area contributed by atoms with Gasteiger partial charge in [-0.15, -0.1) is 0 Å². The van der Waals surface area contributed by atoms with E-state index in [1.165, 1.54) is 30.3 Å². The number of hydrogen-bond donors (Lipinski definition) is 3. The molecule has 0 aliphatic carbocycles. The molecule has 1 aromatic carbocycles. The smallest absolute Gasteiger partial charge is 0.279 e. The van der Waals surface area contributed by atoms with E-state index in [9.17, 15) is 19.5 Å². The van der Waals surface area contributed by atoms with Crippen molar-refractivity contribution in [2.45, 2.75) is 71.8 Å². The Balaban J connectivity index is 2.00. The Kier molecular flexibility index (Phi) is 9.36. The molecule has 0 saturated carbocycles. The number of aryl methyl sites for hydroxylation is 1. The number of carbonyl (C=O) groups is 2. The average molecular weight is 480 g/mol. The number of hydrazine groups is 1. The number of carbonyl (C=O) groups excluding carboxylic acids is 2. The zero-order valence-electron chi connectivity index (χ0n) is 17.6. The van der Waals surface area contributed by atoms with Crippen molar-refractivity contribution in [3.8, 4) is 5.75 Å². The first kappa shape index (κ1) is 23.9. The summed E-state index contributed by atoms with van der Waals surface area (Å²) >= 11 is 3.33. The molecule has 30 heavy (non-hydrogen) atoms. The van der Waals surface area contributed by atoms with Gasteiger partial charge in [-0.1, -0.05) is 61.4 Å². The summed E-state index contributed by atoms with van der Waals surface area (Å²) in [5.41, 5.74) is 4.13. The molecule has 1 aromatic heterocycles. The predicted molar refractivity (Wildman–Crippen MR) is 121 cm³/mol. The van der Waals surface area contributed by atoms with Crippen molar-refractivity contribution in [2.24, 2.45) is 0 Å². The molecule has 0 atom stereocenters. The molecule has 0 saturated heterocycles. The SMILES string of the molecule is CCCCCCCCCC(=O)NNC(=O)c1c(O)c2cc(Br)ccc2n(CC)c1=O. The van der Waals surface area contributed by atoms with Gasteiger partial charge in [-0.05, 0) is 31.5 Å². The lowest BCUT2D eigenvalue weighted by molar-refractivity contribution is -0.122. The molecule has 1 heterocycles. The van der Waals surface area contributed by atoms with Gasteiger partial charge in [0.05, 0.1) is 5.52 Å². The maximum Gasteiger partial charge on any atom is 0.279 e. The van der Waals surface area contributed by atoms with Crippen LogP contribution >= 0.6 is 15.9 Å². The lowest BCUT2D eigenvalue weighted by Gasteiger charge is -2.14. The molecular weight excluding hydrogens is 450 g/mol. The highest BCUT2D eigenvalue weighted by molar-refractivity contribution is 9.10. The van der Waals surface area contributed by atoms with Gasteiger partial charge >= 0.3 is 0 Å². The van der Waals surface area contributed by atoms with Crippen LogP contribution in [0.1, 0.15) is 75.6 Å². The van der Waals surface area contributed by atoms with Crippen molar-refractivity contribution in [1.29, 1.82) is 0 Å². The van der Waals surface area contributed by atoms with E-state index in [0.717, 1.165) is 19.3 Å². The van der Waals surface area contributed by atoms with E-state index in [1.54, 1.807) is 25.1 Å². The standard InChI is InChI=1S/C22H30BrN3O4/c1-3-5-6-7-8-9-10-11-18(27)24-25-21(29)19-20(28)16-14-15(23)12-13-17(16)26(4-2)22(19)30/h12-14,28H,3-11H2,1-2H3,(H,24,27)(H,25,29). The largest absolute Gasteiger partial charge is 0.506 e. The highest BCUT2D eigenvalue weighted by Gasteiger charge is 2.22. The van der Waals surface area contributed by atoms with Crippen LogP contribution in [0.2, 0.25) is 0 Å². The van der Waals surface area contributed by atoms with Gasteiger partial charge < -0.3 is 9.67 Å². The van der Waals surface area contributed by atoms with Crippen molar-refractivity contribution in [3.05, 3.63) is 38.6 Å². The molecule has 0 spiro atoms. The maximum atomic E-state index is 12.7. The fraction of sp³-hybridized carbons (Fsp3) is 0.500. The minimum Gasteiger partial charge on any atom is -0.506 e. The van der Waals surface area contributed by atoms with Gasteiger partial charge in [-0.25, -0.2) is 0 Å². The molecule has 2 rings (SSSR count). The second kappa shape index (κ2) is 11.7. The summed E-state index contributed by atoms with van der Waals surface area (Å²) in [4.78, 5) is 37.3. The first-order valence-electron chi connectivity index (χ1n) is 10.5. The van der Waals surface area contributed by atoms with Gasteiger partial charge in [0, 0.05) is 22.8 Å². The Morgan fingerprint density at radius 3 is 2.37 bits per heavy atom. The minimum absolute atomic E-state index is 0.296. The summed E-state index contributed by atoms with van der Waals surface area (Å²) < 4.78 is 2.12. The second-order valence-electron chi connectivity index (χ2n) is 7.31. The zero-order valence-corrected chi connectivity index (χ0v) is 19.2. The quantitative estimate of drug-likeness (QED) is 0.347. The molecule has 0 radical (unpaired) electrons. The van der Waals surface area contributed by atoms with Gasteiger partial charge in [-0.2, -0.15) is 0 Å². The van der Waals surface area contributed by atoms with Gasteiger partial charge in [0.1, 0.15) is 11.3 Å². The Labute approximate surface area is 185 Å². The van der Waals surface area contributed by atoms with Gasteiger partial charge in [0.25, 0.3) is 11.5 Å². The van der Waals surface area contributed by atoms with Crippen LogP contribution in [-0.2, 0) is 11.3 Å². The number of aromatic hydroxyl groups is 1. The number of halogens is 1. The summed E-state index contributed by atoms with van der Waals surface area (Å²) in [7, 11) is 0. The fourth-order valence-corrected chi connectivity index (χ4v) is 3.79. The number of unbranched alkanes of at least 4 members (excludes halogenated alkanes) is 6. The second-order valence-corrected chi connectivity index (χ2v) is 8.22. The molecular formula is C22H30BrN3O4. The topological polar surface area (TPSA) is 100 Å². The zero-order chi connectivity index (χ0) is 22.1. The summed E-state index contributed by atoms with van der Waals surface area (Å²) in [6.45, 7) is 4.29. The molecule has 0 fully saturated rings. The minimum atomic E-state index is -0.838. The first-order chi connectivity index (χ1) is 14.4. The highest BCUT2D eigenvalue weighted by atomic mass is 79.9. The normalized spacial score (nSPS) is 10.9. The molecule has 0 unspecified atom stereocenters.